The van der Waals surface area contributed by atoms with Crippen LogP contribution in [0.15, 0.2) is 70.3 Å². The fraction of sp³-hybridized carbons (Fsp3) is 0.452. The predicted octanol–water partition coefficient (Wildman–Crippen LogP) is 6.14. The molecule has 0 bridgehead atoms. The van der Waals surface area contributed by atoms with Crippen LogP contribution < -0.4 is 4.74 Å². The van der Waals surface area contributed by atoms with E-state index in [4.69, 9.17) is 14.3 Å². The molecule has 1 N–H and O–H groups in total. The Labute approximate surface area is 218 Å². The lowest BCUT2D eigenvalue weighted by molar-refractivity contribution is -0.122. The maximum absolute atomic E-state index is 13.6. The van der Waals surface area contributed by atoms with Crippen molar-refractivity contribution in [2.45, 2.75) is 58.0 Å². The Morgan fingerprint density at radius 3 is 2.70 bits per heavy atom. The molecule has 0 amide bonds. The molecule has 6 nitrogen and oxygen atoms in total. The van der Waals surface area contributed by atoms with Crippen molar-refractivity contribution >= 4 is 22.3 Å². The predicted molar refractivity (Wildman–Crippen MR) is 145 cm³/mol. The summed E-state index contributed by atoms with van der Waals surface area (Å²) in [7, 11) is 1.54. The molecule has 1 aliphatic heterocycles. The fourth-order valence-corrected chi connectivity index (χ4v) is 6.08. The molecule has 1 aromatic heterocycles. The van der Waals surface area contributed by atoms with Gasteiger partial charge in [-0.15, -0.1) is 0 Å². The van der Waals surface area contributed by atoms with Crippen LogP contribution in [0.4, 0.5) is 0 Å². The third-order valence-electron chi connectivity index (χ3n) is 7.86. The first-order valence-corrected chi connectivity index (χ1v) is 13.3. The highest BCUT2D eigenvalue weighted by atomic mass is 16.5. The molecule has 6 heteroatoms. The van der Waals surface area contributed by atoms with Gasteiger partial charge in [-0.2, -0.15) is 0 Å². The minimum absolute atomic E-state index is 0.0553. The molecule has 0 spiro atoms. The van der Waals surface area contributed by atoms with Crippen LogP contribution in [0, 0.1) is 23.7 Å². The van der Waals surface area contributed by atoms with Crippen LogP contribution in [-0.4, -0.2) is 35.0 Å². The Morgan fingerprint density at radius 2 is 1.95 bits per heavy atom. The zero-order chi connectivity index (χ0) is 25.9. The largest absolute Gasteiger partial charge is 0.479 e. The van der Waals surface area contributed by atoms with E-state index >= 15 is 0 Å². The molecule has 194 valence electrons. The van der Waals surface area contributed by atoms with Gasteiger partial charge in [-0.1, -0.05) is 62.4 Å². The maximum atomic E-state index is 13.6. The van der Waals surface area contributed by atoms with Gasteiger partial charge >= 0.3 is 0 Å². The van der Waals surface area contributed by atoms with Gasteiger partial charge in [0.1, 0.15) is 5.78 Å². The number of aliphatic imine (C=N–C) groups is 1. The van der Waals surface area contributed by atoms with Crippen LogP contribution in [0.5, 0.6) is 5.88 Å². The number of carbonyl (C=O) groups excluding carboxylic acids is 1. The molecule has 1 saturated carbocycles. The summed E-state index contributed by atoms with van der Waals surface area (Å²) >= 11 is 0. The summed E-state index contributed by atoms with van der Waals surface area (Å²) in [5.41, 5.74) is 2.37. The molecule has 5 rings (SSSR count). The normalized spacial score (nSPS) is 24.1. The zero-order valence-corrected chi connectivity index (χ0v) is 21.8. The highest BCUT2D eigenvalue weighted by molar-refractivity contribution is 5.94. The Morgan fingerprint density at radius 1 is 1.14 bits per heavy atom. The summed E-state index contributed by atoms with van der Waals surface area (Å²) in [6.45, 7) is 4.21. The zero-order valence-electron chi connectivity index (χ0n) is 21.8. The summed E-state index contributed by atoms with van der Waals surface area (Å²) in [6.07, 6.45) is 6.85. The van der Waals surface area contributed by atoms with E-state index in [1.807, 2.05) is 6.20 Å². The third kappa shape index (κ3) is 5.69. The summed E-state index contributed by atoms with van der Waals surface area (Å²) in [5, 5.41) is 17.0. The number of benzene rings is 2. The van der Waals surface area contributed by atoms with E-state index in [9.17, 15) is 9.90 Å². The number of ketones is 1. The van der Waals surface area contributed by atoms with Crippen molar-refractivity contribution < 1.29 is 19.2 Å². The van der Waals surface area contributed by atoms with Gasteiger partial charge in [0.15, 0.2) is 5.76 Å². The van der Waals surface area contributed by atoms with Gasteiger partial charge in [0, 0.05) is 36.2 Å². The number of methoxy groups -OCH3 is 1. The molecule has 2 aromatic carbocycles. The van der Waals surface area contributed by atoms with Crippen LogP contribution in [0.25, 0.3) is 10.8 Å². The van der Waals surface area contributed by atoms with E-state index in [-0.39, 0.29) is 29.5 Å². The van der Waals surface area contributed by atoms with E-state index < -0.39 is 6.10 Å². The summed E-state index contributed by atoms with van der Waals surface area (Å²) < 4.78 is 10.7. The first-order chi connectivity index (χ1) is 17.9. The molecule has 37 heavy (non-hydrogen) atoms. The summed E-state index contributed by atoms with van der Waals surface area (Å²) in [6, 6.07) is 16.7. The molecule has 0 radical (unpaired) electrons. The third-order valence-corrected chi connectivity index (χ3v) is 7.86. The number of aliphatic hydroxyl groups is 1. The second-order valence-electron chi connectivity index (χ2n) is 11.0. The lowest BCUT2D eigenvalue weighted by Crippen LogP contribution is -2.28. The maximum Gasteiger partial charge on any atom is 0.254 e. The van der Waals surface area contributed by atoms with Crippen molar-refractivity contribution in [1.82, 2.24) is 5.16 Å². The van der Waals surface area contributed by atoms with E-state index in [1.54, 1.807) is 6.07 Å². The monoisotopic (exact) mass is 500 g/mol. The van der Waals surface area contributed by atoms with Crippen molar-refractivity contribution in [3.05, 3.63) is 72.1 Å². The van der Waals surface area contributed by atoms with Crippen LogP contribution in [0.2, 0.25) is 0 Å². The second-order valence-corrected chi connectivity index (χ2v) is 11.0. The number of nitrogens with zero attached hydrogens (tertiary/aromatic N) is 2. The smallest absolute Gasteiger partial charge is 0.254 e. The van der Waals surface area contributed by atoms with Gasteiger partial charge in [0.25, 0.3) is 5.88 Å². The first-order valence-electron chi connectivity index (χ1n) is 13.3. The highest BCUT2D eigenvalue weighted by Crippen LogP contribution is 2.41. The number of Topliss-reactive ketones (excluding diaryl/α,β-unsaturated/α-hetero) is 1. The summed E-state index contributed by atoms with van der Waals surface area (Å²) in [4.78, 5) is 18.4. The van der Waals surface area contributed by atoms with E-state index in [0.717, 1.165) is 12.1 Å². The van der Waals surface area contributed by atoms with Crippen molar-refractivity contribution in [2.75, 3.05) is 7.11 Å². The van der Waals surface area contributed by atoms with Gasteiger partial charge in [-0.3, -0.25) is 9.79 Å². The van der Waals surface area contributed by atoms with Crippen molar-refractivity contribution in [3.63, 3.8) is 0 Å². The number of aromatic nitrogens is 1. The number of hydrogen-bond donors (Lipinski definition) is 1. The molecule has 0 saturated heterocycles. The first kappa shape index (κ1) is 25.4. The van der Waals surface area contributed by atoms with Crippen molar-refractivity contribution in [2.24, 2.45) is 28.7 Å². The van der Waals surface area contributed by atoms with Crippen molar-refractivity contribution in [3.8, 4) is 5.88 Å². The average Bonchev–Trinajstić information content (AvgIpc) is 3.62. The number of fused-ring (bicyclic) bond motifs is 1. The SMILES string of the molecule is COc1cc(C(CC(C)C)C(=O)CC2C[C@H](O)C[C@H]2C2=NC=CC2Cc2ccc3ccccc3c2)on1. The number of hydrogen-bond acceptors (Lipinski definition) is 6. The van der Waals surface area contributed by atoms with Gasteiger partial charge in [-0.25, -0.2) is 0 Å². The van der Waals surface area contributed by atoms with Gasteiger partial charge in [0.2, 0.25) is 0 Å². The summed E-state index contributed by atoms with van der Waals surface area (Å²) in [5.74, 6) is 1.35. The average molecular weight is 501 g/mol. The Kier molecular flexibility index (Phi) is 7.56. The Bertz CT molecular complexity index is 1310. The Balaban J connectivity index is 1.32. The van der Waals surface area contributed by atoms with Gasteiger partial charge in [0.05, 0.1) is 19.1 Å². The molecule has 1 fully saturated rings. The number of rotatable bonds is 10. The number of carbonyl (C=O) groups is 1. The number of allylic oxidation sites excluding steroid dienone is 1. The second kappa shape index (κ2) is 11.0. The molecule has 5 atom stereocenters. The van der Waals surface area contributed by atoms with Crippen LogP contribution in [0.3, 0.4) is 0 Å². The van der Waals surface area contributed by atoms with E-state index in [2.05, 4.69) is 67.5 Å². The topological polar surface area (TPSA) is 84.9 Å². The molecule has 2 heterocycles. The van der Waals surface area contributed by atoms with Crippen LogP contribution in [-0.2, 0) is 11.2 Å². The Hall–Kier alpha value is -3.25. The standard InChI is InChI=1S/C31H36N2O4/c1-19(2)12-27(29-18-30(36-3)33-37-29)28(35)16-24-15-25(34)17-26(24)31-23(10-11-32-31)14-20-8-9-21-6-4-5-7-22(21)13-20/h4-11,13,18-19,23-27,34H,12,14-17H2,1-3H3/t23?,24?,25-,26+,27?/m0/s1. The van der Waals surface area contributed by atoms with Gasteiger partial charge in [-0.05, 0) is 59.0 Å². The molecular weight excluding hydrogens is 464 g/mol. The number of aliphatic hydroxyl groups excluding tert-OH is 1. The van der Waals surface area contributed by atoms with E-state index in [1.165, 1.54) is 23.4 Å². The van der Waals surface area contributed by atoms with Crippen LogP contribution in [0.1, 0.15) is 56.8 Å². The highest BCUT2D eigenvalue weighted by Gasteiger charge is 2.41. The molecule has 3 unspecified atom stereocenters. The van der Waals surface area contributed by atoms with Crippen molar-refractivity contribution in [1.29, 1.82) is 0 Å². The van der Waals surface area contributed by atoms with Gasteiger partial charge < -0.3 is 14.4 Å². The number of ether oxygens (including phenoxy) is 1. The fourth-order valence-electron chi connectivity index (χ4n) is 6.08. The lowest BCUT2D eigenvalue weighted by atomic mass is 9.78. The molecule has 1 aliphatic carbocycles. The molecule has 2 aliphatic rings. The van der Waals surface area contributed by atoms with Crippen LogP contribution >= 0.6 is 0 Å². The molecule has 3 aromatic rings. The van der Waals surface area contributed by atoms with E-state index in [0.29, 0.717) is 43.2 Å². The minimum Gasteiger partial charge on any atom is -0.479 e. The quantitative estimate of drug-likeness (QED) is 0.361. The lowest BCUT2D eigenvalue weighted by Gasteiger charge is -2.25. The molecular formula is C31H36N2O4. The minimum atomic E-state index is -0.415.